The fourth-order valence-electron chi connectivity index (χ4n) is 5.88. The lowest BCUT2D eigenvalue weighted by molar-refractivity contribution is -0.133. The van der Waals surface area contributed by atoms with Gasteiger partial charge in [0.05, 0.1) is 25.7 Å². The first-order valence-corrected chi connectivity index (χ1v) is 13.5. The van der Waals surface area contributed by atoms with Crippen LogP contribution in [0.5, 0.6) is 11.5 Å². The number of allylic oxidation sites excluding steroid dienone is 1. The Morgan fingerprint density at radius 1 is 1.24 bits per heavy atom. The van der Waals surface area contributed by atoms with Gasteiger partial charge in [-0.1, -0.05) is 32.3 Å². The lowest BCUT2D eigenvalue weighted by Gasteiger charge is -2.42. The SMILES string of the molecule is CCC=CC(=O)N(CC1CCCCC1)[C@@H]1C=C(C(=O)NCCO)[C@@H]2c3cc(C=O)cc(OC)c3O[C@@H]2[C@H]1O. The third kappa shape index (κ3) is 5.63. The first kappa shape index (κ1) is 27.9. The highest BCUT2D eigenvalue weighted by Gasteiger charge is 2.51. The Morgan fingerprint density at radius 2 is 2.00 bits per heavy atom. The van der Waals surface area contributed by atoms with Crippen molar-refractivity contribution in [1.82, 2.24) is 10.2 Å². The number of aliphatic hydroxyl groups excluding tert-OH is 2. The van der Waals surface area contributed by atoms with Crippen molar-refractivity contribution in [2.24, 2.45) is 5.92 Å². The standard InChI is InChI=1S/C29H38N2O7/c1-3-4-10-24(34)31(16-18-8-6-5-7-9-18)22-15-21(29(36)30-11-12-32)25-20-13-19(17-33)14-23(37-2)27(20)38-28(25)26(22)35/h4,10,13-15,17-18,22,25-26,28,32,35H,3,5-9,11-12,16H2,1-2H3,(H,30,36)/t22-,25+,26+,28+/m1/s1. The molecule has 0 bridgehead atoms. The molecule has 1 fully saturated rings. The van der Waals surface area contributed by atoms with Gasteiger partial charge in [0.15, 0.2) is 11.5 Å². The number of carbonyl (C=O) groups is 3. The second-order valence-corrected chi connectivity index (χ2v) is 10.2. The van der Waals surface area contributed by atoms with Crippen LogP contribution < -0.4 is 14.8 Å². The van der Waals surface area contributed by atoms with Gasteiger partial charge in [-0.05, 0) is 49.5 Å². The van der Waals surface area contributed by atoms with Crippen LogP contribution in [0.15, 0.2) is 35.9 Å². The van der Waals surface area contributed by atoms with Crippen molar-refractivity contribution < 1.29 is 34.1 Å². The van der Waals surface area contributed by atoms with Crippen LogP contribution in [-0.4, -0.2) is 78.3 Å². The fourth-order valence-corrected chi connectivity index (χ4v) is 5.88. The van der Waals surface area contributed by atoms with Crippen molar-refractivity contribution >= 4 is 18.1 Å². The molecule has 2 amide bonds. The predicted octanol–water partition coefficient (Wildman–Crippen LogP) is 2.51. The van der Waals surface area contributed by atoms with E-state index in [-0.39, 0.29) is 19.1 Å². The van der Waals surface area contributed by atoms with Crippen molar-refractivity contribution in [2.75, 3.05) is 26.8 Å². The van der Waals surface area contributed by atoms with E-state index in [0.717, 1.165) is 25.7 Å². The number of benzene rings is 1. The number of nitrogens with zero attached hydrogens (tertiary/aromatic N) is 1. The maximum absolute atomic E-state index is 13.4. The van der Waals surface area contributed by atoms with E-state index in [0.29, 0.717) is 53.4 Å². The molecule has 9 nitrogen and oxygen atoms in total. The number of fused-ring (bicyclic) bond motifs is 3. The van der Waals surface area contributed by atoms with Gasteiger partial charge in [-0.15, -0.1) is 0 Å². The normalized spacial score (nSPS) is 24.7. The van der Waals surface area contributed by atoms with Gasteiger partial charge >= 0.3 is 0 Å². The molecule has 0 saturated heterocycles. The molecule has 0 unspecified atom stereocenters. The molecule has 0 aromatic heterocycles. The fraction of sp³-hybridized carbons (Fsp3) is 0.552. The molecule has 0 radical (unpaired) electrons. The van der Waals surface area contributed by atoms with Crippen LogP contribution in [0.3, 0.4) is 0 Å². The summed E-state index contributed by atoms with van der Waals surface area (Å²) in [6, 6.07) is 2.40. The zero-order valence-electron chi connectivity index (χ0n) is 22.1. The second-order valence-electron chi connectivity index (χ2n) is 10.2. The molecule has 4 rings (SSSR count). The van der Waals surface area contributed by atoms with E-state index >= 15 is 0 Å². The molecular formula is C29H38N2O7. The molecule has 1 aliphatic heterocycles. The molecular weight excluding hydrogens is 488 g/mol. The second kappa shape index (κ2) is 12.6. The number of aldehydes is 1. The van der Waals surface area contributed by atoms with E-state index in [4.69, 9.17) is 9.47 Å². The summed E-state index contributed by atoms with van der Waals surface area (Å²) in [7, 11) is 1.46. The zero-order valence-corrected chi connectivity index (χ0v) is 22.1. The minimum atomic E-state index is -1.13. The molecule has 3 aliphatic rings. The van der Waals surface area contributed by atoms with Gasteiger partial charge in [0.25, 0.3) is 0 Å². The summed E-state index contributed by atoms with van der Waals surface area (Å²) in [6.45, 7) is 2.24. The van der Waals surface area contributed by atoms with Gasteiger partial charge in [-0.2, -0.15) is 0 Å². The average molecular weight is 527 g/mol. The molecule has 3 N–H and O–H groups in total. The number of aliphatic hydroxyl groups is 2. The smallest absolute Gasteiger partial charge is 0.247 e. The van der Waals surface area contributed by atoms with Gasteiger partial charge in [0, 0.05) is 29.8 Å². The first-order chi connectivity index (χ1) is 18.4. The van der Waals surface area contributed by atoms with E-state index in [1.165, 1.54) is 19.6 Å². The predicted molar refractivity (Wildman–Crippen MR) is 141 cm³/mol. The van der Waals surface area contributed by atoms with E-state index in [1.807, 2.05) is 6.92 Å². The molecule has 1 heterocycles. The van der Waals surface area contributed by atoms with Crippen molar-refractivity contribution in [2.45, 2.75) is 69.6 Å². The van der Waals surface area contributed by atoms with E-state index in [2.05, 4.69) is 5.32 Å². The molecule has 4 atom stereocenters. The number of nitrogens with one attached hydrogen (secondary N) is 1. The zero-order chi connectivity index (χ0) is 27.2. The van der Waals surface area contributed by atoms with Crippen LogP contribution in [0.2, 0.25) is 0 Å². The lowest BCUT2D eigenvalue weighted by Crippen LogP contribution is -2.56. The number of hydrogen-bond acceptors (Lipinski definition) is 7. The van der Waals surface area contributed by atoms with Crippen LogP contribution >= 0.6 is 0 Å². The lowest BCUT2D eigenvalue weighted by atomic mass is 9.77. The maximum Gasteiger partial charge on any atom is 0.247 e. The third-order valence-electron chi connectivity index (χ3n) is 7.73. The molecule has 1 aromatic rings. The Hall–Kier alpha value is -3.17. The van der Waals surface area contributed by atoms with Crippen LogP contribution in [0.1, 0.15) is 67.3 Å². The topological polar surface area (TPSA) is 125 Å². The van der Waals surface area contributed by atoms with Crippen molar-refractivity contribution in [3.63, 3.8) is 0 Å². The Morgan fingerprint density at radius 3 is 2.66 bits per heavy atom. The van der Waals surface area contributed by atoms with Crippen LogP contribution in [0.4, 0.5) is 0 Å². The van der Waals surface area contributed by atoms with Crippen LogP contribution in [0, 0.1) is 5.92 Å². The minimum absolute atomic E-state index is 0.0517. The maximum atomic E-state index is 13.4. The molecule has 1 saturated carbocycles. The molecule has 0 spiro atoms. The average Bonchev–Trinajstić information content (AvgIpc) is 3.34. The van der Waals surface area contributed by atoms with Gasteiger partial charge in [0.1, 0.15) is 18.5 Å². The summed E-state index contributed by atoms with van der Waals surface area (Å²) in [5.74, 6) is -0.315. The monoisotopic (exact) mass is 526 g/mol. The van der Waals surface area contributed by atoms with Crippen molar-refractivity contribution in [3.05, 3.63) is 47.1 Å². The summed E-state index contributed by atoms with van der Waals surface area (Å²) in [5, 5.41) is 23.7. The van der Waals surface area contributed by atoms with Crippen LogP contribution in [-0.2, 0) is 9.59 Å². The number of hydrogen-bond donors (Lipinski definition) is 3. The van der Waals surface area contributed by atoms with Crippen molar-refractivity contribution in [1.29, 1.82) is 0 Å². The minimum Gasteiger partial charge on any atom is -0.493 e. The van der Waals surface area contributed by atoms with Gasteiger partial charge < -0.3 is 29.9 Å². The van der Waals surface area contributed by atoms with Gasteiger partial charge in [-0.3, -0.25) is 14.4 Å². The first-order valence-electron chi connectivity index (χ1n) is 13.5. The quantitative estimate of drug-likeness (QED) is 0.316. The highest BCUT2D eigenvalue weighted by molar-refractivity contribution is 5.97. The summed E-state index contributed by atoms with van der Waals surface area (Å²) >= 11 is 0. The van der Waals surface area contributed by atoms with E-state index in [9.17, 15) is 24.6 Å². The molecule has 38 heavy (non-hydrogen) atoms. The molecule has 9 heteroatoms. The summed E-state index contributed by atoms with van der Waals surface area (Å²) in [6.07, 6.45) is 9.80. The molecule has 2 aliphatic carbocycles. The number of amides is 2. The Kier molecular flexibility index (Phi) is 9.22. The Balaban J connectivity index is 1.78. The van der Waals surface area contributed by atoms with Crippen molar-refractivity contribution in [3.8, 4) is 11.5 Å². The van der Waals surface area contributed by atoms with Crippen LogP contribution in [0.25, 0.3) is 0 Å². The third-order valence-corrected chi connectivity index (χ3v) is 7.73. The highest BCUT2D eigenvalue weighted by atomic mass is 16.5. The Bertz CT molecular complexity index is 1090. The summed E-state index contributed by atoms with van der Waals surface area (Å²) < 4.78 is 11.7. The largest absolute Gasteiger partial charge is 0.493 e. The number of ether oxygens (including phenoxy) is 2. The van der Waals surface area contributed by atoms with E-state index in [1.54, 1.807) is 29.2 Å². The number of rotatable bonds is 10. The summed E-state index contributed by atoms with van der Waals surface area (Å²) in [5.41, 5.74) is 1.24. The highest BCUT2D eigenvalue weighted by Crippen LogP contribution is 2.51. The van der Waals surface area contributed by atoms with Gasteiger partial charge in [0.2, 0.25) is 11.8 Å². The summed E-state index contributed by atoms with van der Waals surface area (Å²) in [4.78, 5) is 40.1. The molecule has 206 valence electrons. The van der Waals surface area contributed by atoms with E-state index < -0.39 is 30.1 Å². The molecule has 1 aromatic carbocycles. The number of methoxy groups -OCH3 is 1. The Labute approximate surface area is 223 Å². The number of carbonyl (C=O) groups excluding carboxylic acids is 3. The van der Waals surface area contributed by atoms with Gasteiger partial charge in [-0.25, -0.2) is 0 Å².